The number of hydrogen-bond acceptors (Lipinski definition) is 2. The second-order valence-electron chi connectivity index (χ2n) is 4.22. The van der Waals surface area contributed by atoms with Gasteiger partial charge in [-0.25, -0.2) is 0 Å². The molecule has 1 aromatic carbocycles. The summed E-state index contributed by atoms with van der Waals surface area (Å²) in [7, 11) is 0. The molecule has 0 radical (unpaired) electrons. The van der Waals surface area contributed by atoms with Crippen molar-refractivity contribution in [3.8, 4) is 6.07 Å². The number of rotatable bonds is 3. The molecule has 0 atom stereocenters. The highest BCUT2D eigenvalue weighted by molar-refractivity contribution is 5.36. The van der Waals surface area contributed by atoms with E-state index in [9.17, 15) is 5.26 Å². The summed E-state index contributed by atoms with van der Waals surface area (Å²) in [4.78, 5) is 0. The lowest BCUT2D eigenvalue weighted by atomic mass is 9.65. The smallest absolute Gasteiger partial charge is 0.0822 e. The van der Waals surface area contributed by atoms with Crippen LogP contribution < -0.4 is 0 Å². The lowest BCUT2D eigenvalue weighted by molar-refractivity contribution is 0.299. The lowest BCUT2D eigenvalue weighted by Gasteiger charge is -2.35. The summed E-state index contributed by atoms with van der Waals surface area (Å²) in [6.45, 7) is 0.183. The van der Waals surface area contributed by atoms with E-state index in [2.05, 4.69) is 6.07 Å². The second-order valence-corrected chi connectivity index (χ2v) is 4.22. The first-order valence-electron chi connectivity index (χ1n) is 5.42. The van der Waals surface area contributed by atoms with Gasteiger partial charge in [0.25, 0.3) is 0 Å². The zero-order valence-electron chi connectivity index (χ0n) is 8.74. The Labute approximate surface area is 90.2 Å². The van der Waals surface area contributed by atoms with Crippen LogP contribution in [0.15, 0.2) is 24.3 Å². The van der Waals surface area contributed by atoms with E-state index in [0.29, 0.717) is 6.42 Å². The molecule has 1 aromatic rings. The third kappa shape index (κ3) is 1.75. The highest BCUT2D eigenvalue weighted by Gasteiger charge is 2.38. The first-order valence-corrected chi connectivity index (χ1v) is 5.42. The monoisotopic (exact) mass is 201 g/mol. The first kappa shape index (κ1) is 10.2. The van der Waals surface area contributed by atoms with Gasteiger partial charge in [-0.2, -0.15) is 5.26 Å². The number of benzene rings is 1. The maximum atomic E-state index is 9.17. The van der Waals surface area contributed by atoms with Gasteiger partial charge in [0.1, 0.15) is 0 Å². The van der Waals surface area contributed by atoms with E-state index >= 15 is 0 Å². The van der Waals surface area contributed by atoms with Crippen LogP contribution in [0.1, 0.15) is 30.4 Å². The molecule has 0 heterocycles. The Balaban J connectivity index is 2.20. The van der Waals surface area contributed by atoms with Crippen LogP contribution in [0.3, 0.4) is 0 Å². The molecule has 1 N–H and O–H groups in total. The fraction of sp³-hybridized carbons (Fsp3) is 0.462. The van der Waals surface area contributed by atoms with Crippen LogP contribution in [0.2, 0.25) is 0 Å². The van der Waals surface area contributed by atoms with Crippen molar-refractivity contribution in [2.75, 3.05) is 6.61 Å². The lowest BCUT2D eigenvalue weighted by Crippen LogP contribution is -2.32. The Kier molecular flexibility index (Phi) is 2.75. The minimum atomic E-state index is -0.211. The van der Waals surface area contributed by atoms with Gasteiger partial charge in [-0.05, 0) is 36.8 Å². The molecule has 1 fully saturated rings. The quantitative estimate of drug-likeness (QED) is 0.814. The minimum Gasteiger partial charge on any atom is -0.396 e. The maximum Gasteiger partial charge on any atom is 0.0822 e. The van der Waals surface area contributed by atoms with Crippen LogP contribution in [-0.2, 0) is 11.8 Å². The van der Waals surface area contributed by atoms with E-state index in [4.69, 9.17) is 5.11 Å². The fourth-order valence-electron chi connectivity index (χ4n) is 2.11. The first-order chi connectivity index (χ1) is 7.30. The molecule has 0 aliphatic heterocycles. The van der Waals surface area contributed by atoms with Crippen molar-refractivity contribution in [2.45, 2.75) is 31.1 Å². The molecule has 78 valence electrons. The molecule has 0 unspecified atom stereocenters. The number of nitriles is 1. The van der Waals surface area contributed by atoms with E-state index in [1.165, 1.54) is 0 Å². The van der Waals surface area contributed by atoms with Gasteiger partial charge in [0.15, 0.2) is 0 Å². The van der Waals surface area contributed by atoms with E-state index in [0.717, 1.165) is 30.4 Å². The molecule has 2 rings (SSSR count). The van der Waals surface area contributed by atoms with Gasteiger partial charge in [-0.15, -0.1) is 0 Å². The second kappa shape index (κ2) is 4.04. The largest absolute Gasteiger partial charge is 0.396 e. The normalized spacial score (nSPS) is 17.9. The summed E-state index contributed by atoms with van der Waals surface area (Å²) in [6.07, 6.45) is 3.83. The summed E-state index contributed by atoms with van der Waals surface area (Å²) >= 11 is 0. The Morgan fingerprint density at radius 2 is 1.93 bits per heavy atom. The van der Waals surface area contributed by atoms with Gasteiger partial charge in [-0.1, -0.05) is 24.3 Å². The van der Waals surface area contributed by atoms with E-state index in [1.807, 2.05) is 24.3 Å². The van der Waals surface area contributed by atoms with Crippen molar-refractivity contribution >= 4 is 0 Å². The fourth-order valence-corrected chi connectivity index (χ4v) is 2.11. The van der Waals surface area contributed by atoms with Crippen LogP contribution in [-0.4, -0.2) is 11.7 Å². The summed E-state index contributed by atoms with van der Waals surface area (Å²) in [6, 6.07) is 10.5. The molecular weight excluding hydrogens is 186 g/mol. The highest BCUT2D eigenvalue weighted by atomic mass is 16.2. The van der Waals surface area contributed by atoms with E-state index in [-0.39, 0.29) is 12.0 Å². The predicted octanol–water partition coefficient (Wildman–Crippen LogP) is 2.17. The molecular formula is C13H15NO. The molecule has 1 aliphatic carbocycles. The SMILES string of the molecule is N#CC1(c2ccc(CCO)cc2)CCC1. The molecule has 0 saturated heterocycles. The van der Waals surface area contributed by atoms with Crippen LogP contribution >= 0.6 is 0 Å². The number of nitrogens with zero attached hydrogens (tertiary/aromatic N) is 1. The van der Waals surface area contributed by atoms with Gasteiger partial charge in [0.2, 0.25) is 0 Å². The standard InChI is InChI=1S/C13H15NO/c14-10-13(7-1-8-13)12-4-2-11(3-5-12)6-9-15/h2-5,15H,1,6-9H2. The molecule has 0 aromatic heterocycles. The molecule has 0 spiro atoms. The molecule has 15 heavy (non-hydrogen) atoms. The van der Waals surface area contributed by atoms with Crippen molar-refractivity contribution in [1.82, 2.24) is 0 Å². The van der Waals surface area contributed by atoms with Crippen LogP contribution in [0.4, 0.5) is 0 Å². The molecule has 2 nitrogen and oxygen atoms in total. The average molecular weight is 201 g/mol. The van der Waals surface area contributed by atoms with Crippen LogP contribution in [0.25, 0.3) is 0 Å². The molecule has 1 aliphatic rings. The molecule has 1 saturated carbocycles. The van der Waals surface area contributed by atoms with Gasteiger partial charge >= 0.3 is 0 Å². The molecule has 0 bridgehead atoms. The van der Waals surface area contributed by atoms with Crippen LogP contribution in [0, 0.1) is 11.3 Å². The highest BCUT2D eigenvalue weighted by Crippen LogP contribution is 2.42. The Bertz CT molecular complexity index is 371. The predicted molar refractivity (Wildman–Crippen MR) is 58.4 cm³/mol. The summed E-state index contributed by atoms with van der Waals surface area (Å²) < 4.78 is 0. The summed E-state index contributed by atoms with van der Waals surface area (Å²) in [5.41, 5.74) is 2.06. The van der Waals surface area contributed by atoms with Crippen molar-refractivity contribution < 1.29 is 5.11 Å². The van der Waals surface area contributed by atoms with Crippen molar-refractivity contribution in [2.24, 2.45) is 0 Å². The van der Waals surface area contributed by atoms with E-state index < -0.39 is 0 Å². The topological polar surface area (TPSA) is 44.0 Å². The minimum absolute atomic E-state index is 0.183. The number of aliphatic hydroxyl groups excluding tert-OH is 1. The van der Waals surface area contributed by atoms with Crippen molar-refractivity contribution in [3.63, 3.8) is 0 Å². The van der Waals surface area contributed by atoms with Gasteiger partial charge < -0.3 is 5.11 Å². The third-order valence-electron chi connectivity index (χ3n) is 3.33. The Hall–Kier alpha value is -1.33. The van der Waals surface area contributed by atoms with Gasteiger partial charge in [0, 0.05) is 6.61 Å². The molecule has 2 heteroatoms. The number of hydrogen-bond donors (Lipinski definition) is 1. The number of aliphatic hydroxyl groups is 1. The summed E-state index contributed by atoms with van der Waals surface area (Å²) in [5, 5.41) is 18.0. The summed E-state index contributed by atoms with van der Waals surface area (Å²) in [5.74, 6) is 0. The van der Waals surface area contributed by atoms with Crippen LogP contribution in [0.5, 0.6) is 0 Å². The van der Waals surface area contributed by atoms with Crippen molar-refractivity contribution in [1.29, 1.82) is 5.26 Å². The van der Waals surface area contributed by atoms with Gasteiger partial charge in [-0.3, -0.25) is 0 Å². The van der Waals surface area contributed by atoms with Crippen molar-refractivity contribution in [3.05, 3.63) is 35.4 Å². The maximum absolute atomic E-state index is 9.17. The van der Waals surface area contributed by atoms with Gasteiger partial charge in [0.05, 0.1) is 11.5 Å². The zero-order valence-corrected chi connectivity index (χ0v) is 8.74. The third-order valence-corrected chi connectivity index (χ3v) is 3.33. The Morgan fingerprint density at radius 3 is 2.33 bits per heavy atom. The molecule has 0 amide bonds. The van der Waals surface area contributed by atoms with E-state index in [1.54, 1.807) is 0 Å². The average Bonchev–Trinajstić information content (AvgIpc) is 2.20. The Morgan fingerprint density at radius 1 is 1.27 bits per heavy atom. The zero-order chi connectivity index (χ0) is 10.7.